The summed E-state index contributed by atoms with van der Waals surface area (Å²) in [6.45, 7) is 9.96. The van der Waals surface area contributed by atoms with Gasteiger partial charge in [0.15, 0.2) is 0 Å². The lowest BCUT2D eigenvalue weighted by Crippen LogP contribution is -2.50. The molecule has 1 aliphatic heterocycles. The van der Waals surface area contributed by atoms with Crippen LogP contribution in [0.5, 0.6) is 11.6 Å². The predicted molar refractivity (Wildman–Crippen MR) is 157 cm³/mol. The van der Waals surface area contributed by atoms with E-state index in [1.165, 1.54) is 29.3 Å². The highest BCUT2D eigenvalue weighted by Crippen LogP contribution is 2.39. The van der Waals surface area contributed by atoms with Crippen LogP contribution in [-0.2, 0) is 10.9 Å². The minimum Gasteiger partial charge on any atom is -0.444 e. The maximum Gasteiger partial charge on any atom is 0.418 e. The first kappa shape index (κ1) is 31.2. The first-order valence-corrected chi connectivity index (χ1v) is 13.6. The highest BCUT2D eigenvalue weighted by atomic mass is 19.4. The molecule has 4 rings (SSSR count). The van der Waals surface area contributed by atoms with Crippen molar-refractivity contribution in [3.63, 3.8) is 0 Å². The van der Waals surface area contributed by atoms with Crippen molar-refractivity contribution >= 4 is 29.5 Å². The van der Waals surface area contributed by atoms with Crippen LogP contribution in [0.15, 0.2) is 48.7 Å². The van der Waals surface area contributed by atoms with Crippen molar-refractivity contribution in [2.45, 2.75) is 46.4 Å². The van der Waals surface area contributed by atoms with E-state index in [1.54, 1.807) is 37.8 Å². The summed E-state index contributed by atoms with van der Waals surface area (Å²) in [6, 6.07) is 11.2. The summed E-state index contributed by atoms with van der Waals surface area (Å²) in [7, 11) is 0. The van der Waals surface area contributed by atoms with Crippen LogP contribution >= 0.6 is 0 Å². The monoisotopic (exact) mass is 594 g/mol. The average Bonchev–Trinajstić information content (AvgIpc) is 2.93. The number of rotatable bonds is 6. The fraction of sp³-hybridized carbons (Fsp3) is 0.355. The number of anilines is 3. The van der Waals surface area contributed by atoms with Crippen molar-refractivity contribution in [2.24, 2.45) is 0 Å². The highest BCUT2D eigenvalue weighted by molar-refractivity contribution is 5.69. The lowest BCUT2D eigenvalue weighted by Gasteiger charge is -2.37. The van der Waals surface area contributed by atoms with E-state index >= 15 is 0 Å². The van der Waals surface area contributed by atoms with Crippen LogP contribution in [0.2, 0.25) is 0 Å². The lowest BCUT2D eigenvalue weighted by molar-refractivity contribution is -0.137. The second kappa shape index (κ2) is 12.6. The zero-order chi connectivity index (χ0) is 31.4. The molecule has 9 nitrogen and oxygen atoms in total. The number of nitriles is 1. The van der Waals surface area contributed by atoms with Gasteiger partial charge in [-0.25, -0.2) is 9.78 Å². The number of piperazine rings is 1. The van der Waals surface area contributed by atoms with Gasteiger partial charge < -0.3 is 24.6 Å². The normalized spacial score (nSPS) is 14.0. The Kier molecular flexibility index (Phi) is 9.13. The maximum atomic E-state index is 14.2. The molecule has 0 unspecified atom stereocenters. The number of benzene rings is 2. The lowest BCUT2D eigenvalue weighted by atomic mass is 10.1. The van der Waals surface area contributed by atoms with E-state index < -0.39 is 23.4 Å². The van der Waals surface area contributed by atoms with Crippen molar-refractivity contribution in [3.8, 4) is 17.7 Å². The van der Waals surface area contributed by atoms with E-state index in [9.17, 15) is 18.0 Å². The Morgan fingerprint density at radius 1 is 1.05 bits per heavy atom. The van der Waals surface area contributed by atoms with Gasteiger partial charge in [0.05, 0.1) is 11.6 Å². The van der Waals surface area contributed by atoms with Crippen LogP contribution < -0.4 is 15.0 Å². The first-order chi connectivity index (χ1) is 20.2. The largest absolute Gasteiger partial charge is 0.444 e. The van der Waals surface area contributed by atoms with E-state index in [0.717, 1.165) is 22.8 Å². The van der Waals surface area contributed by atoms with Gasteiger partial charge in [0.25, 0.3) is 0 Å². The number of carbonyl (C=O) groups is 1. The second-order valence-corrected chi connectivity index (χ2v) is 11.1. The van der Waals surface area contributed by atoms with Gasteiger partial charge in [0.2, 0.25) is 11.8 Å². The van der Waals surface area contributed by atoms with Gasteiger partial charge in [-0.3, -0.25) is 0 Å². The number of halogens is 3. The molecule has 0 spiro atoms. The van der Waals surface area contributed by atoms with E-state index in [1.807, 2.05) is 32.0 Å². The minimum atomic E-state index is -4.62. The summed E-state index contributed by atoms with van der Waals surface area (Å²) in [6.07, 6.45) is -0.571. The maximum absolute atomic E-state index is 14.2. The Bertz CT molecular complexity index is 1530. The number of nitrogens with one attached hydrogen (secondary N) is 1. The van der Waals surface area contributed by atoms with Crippen LogP contribution in [0.1, 0.15) is 43.0 Å². The summed E-state index contributed by atoms with van der Waals surface area (Å²) in [5.74, 6) is 0.849. The van der Waals surface area contributed by atoms with Gasteiger partial charge in [-0.2, -0.15) is 23.4 Å². The molecule has 12 heteroatoms. The molecule has 2 heterocycles. The van der Waals surface area contributed by atoms with E-state index in [2.05, 4.69) is 15.3 Å². The zero-order valence-electron chi connectivity index (χ0n) is 24.6. The van der Waals surface area contributed by atoms with Crippen molar-refractivity contribution in [3.05, 3.63) is 70.9 Å². The minimum absolute atomic E-state index is 0.0268. The van der Waals surface area contributed by atoms with E-state index in [0.29, 0.717) is 5.75 Å². The number of carbonyl (C=O) groups excluding carboxylic acids is 1. The number of alkyl halides is 3. The standard InChI is InChI=1S/C31H33F3N6O3/c1-20-17-22(7-6-11-35)18-21(2)27(20)42-26-10-12-36-28(38-26)37-23-8-9-25(24(19-23)31(32,33)34)39-13-15-40(16-14-39)29(41)43-30(3,4)5/h6-10,12,17-19H,13-16H2,1-5H3,(H,36,37,38). The topological polar surface area (TPSA) is 104 Å². The number of nitrogens with zero attached hydrogens (tertiary/aromatic N) is 5. The van der Waals surface area contributed by atoms with Crippen LogP contribution in [0.4, 0.5) is 35.3 Å². The van der Waals surface area contributed by atoms with Crippen LogP contribution in [-0.4, -0.2) is 52.7 Å². The molecule has 1 amide bonds. The number of aromatic nitrogens is 2. The quantitative estimate of drug-likeness (QED) is 0.298. The molecule has 0 aliphatic carbocycles. The van der Waals surface area contributed by atoms with Crippen LogP contribution in [0, 0.1) is 25.2 Å². The molecular weight excluding hydrogens is 561 g/mol. The molecule has 1 aromatic heterocycles. The molecule has 1 aliphatic rings. The Morgan fingerprint density at radius 3 is 2.33 bits per heavy atom. The Balaban J connectivity index is 1.50. The number of ether oxygens (including phenoxy) is 2. The number of amides is 1. The third-order valence-corrected chi connectivity index (χ3v) is 6.50. The summed E-state index contributed by atoms with van der Waals surface area (Å²) in [5, 5.41) is 11.6. The van der Waals surface area contributed by atoms with Crippen molar-refractivity contribution in [1.29, 1.82) is 5.26 Å². The first-order valence-electron chi connectivity index (χ1n) is 13.6. The predicted octanol–water partition coefficient (Wildman–Crippen LogP) is 7.24. The Labute approximate surface area is 248 Å². The zero-order valence-corrected chi connectivity index (χ0v) is 24.6. The molecule has 0 bridgehead atoms. The van der Waals surface area contributed by atoms with Crippen molar-refractivity contribution in [1.82, 2.24) is 14.9 Å². The molecular formula is C31H33F3N6O3. The molecule has 1 N–H and O–H groups in total. The van der Waals surface area contributed by atoms with E-state index in [4.69, 9.17) is 14.7 Å². The van der Waals surface area contributed by atoms with Gasteiger partial charge in [-0.1, -0.05) is 0 Å². The number of allylic oxidation sites excluding steroid dienone is 1. The number of aryl methyl sites for hydroxylation is 2. The third kappa shape index (κ3) is 8.16. The van der Waals surface area contributed by atoms with Gasteiger partial charge in [0, 0.05) is 55.9 Å². The SMILES string of the molecule is Cc1cc(C=CC#N)cc(C)c1Oc1ccnc(Nc2ccc(N3CCN(C(=O)OC(C)(C)C)CC3)c(C(F)(F)F)c2)n1. The van der Waals surface area contributed by atoms with E-state index in [-0.39, 0.29) is 49.4 Å². The second-order valence-electron chi connectivity index (χ2n) is 11.1. The van der Waals surface area contributed by atoms with Crippen LogP contribution in [0.3, 0.4) is 0 Å². The van der Waals surface area contributed by atoms with Crippen molar-refractivity contribution < 1.29 is 27.4 Å². The van der Waals surface area contributed by atoms with Gasteiger partial charge >= 0.3 is 12.3 Å². The highest BCUT2D eigenvalue weighted by Gasteiger charge is 2.36. The summed E-state index contributed by atoms with van der Waals surface area (Å²) < 4.78 is 53.9. The molecule has 43 heavy (non-hydrogen) atoms. The molecule has 1 saturated heterocycles. The molecule has 0 atom stereocenters. The molecule has 226 valence electrons. The van der Waals surface area contributed by atoms with Gasteiger partial charge in [-0.15, -0.1) is 0 Å². The van der Waals surface area contributed by atoms with Crippen molar-refractivity contribution in [2.75, 3.05) is 36.4 Å². The molecule has 0 radical (unpaired) electrons. The summed E-state index contributed by atoms with van der Waals surface area (Å²) in [4.78, 5) is 24.0. The summed E-state index contributed by atoms with van der Waals surface area (Å²) in [5.41, 5.74) is 1.21. The Morgan fingerprint density at radius 2 is 1.72 bits per heavy atom. The fourth-order valence-corrected chi connectivity index (χ4v) is 4.64. The Hall–Kier alpha value is -4.79. The average molecular weight is 595 g/mol. The fourth-order valence-electron chi connectivity index (χ4n) is 4.64. The number of hydrogen-bond acceptors (Lipinski definition) is 8. The molecule has 2 aromatic carbocycles. The molecule has 0 saturated carbocycles. The smallest absolute Gasteiger partial charge is 0.418 e. The number of hydrogen-bond donors (Lipinski definition) is 1. The van der Waals surface area contributed by atoms with Gasteiger partial charge in [-0.05, 0) is 87.7 Å². The van der Waals surface area contributed by atoms with Gasteiger partial charge in [0.1, 0.15) is 11.4 Å². The third-order valence-electron chi connectivity index (χ3n) is 6.50. The molecule has 3 aromatic rings. The molecule has 1 fully saturated rings. The summed E-state index contributed by atoms with van der Waals surface area (Å²) >= 11 is 0. The van der Waals surface area contributed by atoms with Crippen LogP contribution in [0.25, 0.3) is 6.08 Å².